The van der Waals surface area contributed by atoms with Gasteiger partial charge in [-0.3, -0.25) is 0 Å². The van der Waals surface area contributed by atoms with Crippen molar-refractivity contribution in [2.45, 2.75) is 19.4 Å². The molecule has 29 heavy (non-hydrogen) atoms. The van der Waals surface area contributed by atoms with E-state index in [1.54, 1.807) is 42.5 Å². The highest BCUT2D eigenvalue weighted by Crippen LogP contribution is 2.32. The first kappa shape index (κ1) is 20.2. The molecule has 3 rings (SSSR count). The number of hydrogen-bond acceptors (Lipinski definition) is 5. The quantitative estimate of drug-likeness (QED) is 0.550. The summed E-state index contributed by atoms with van der Waals surface area (Å²) >= 11 is 0. The lowest BCUT2D eigenvalue weighted by Gasteiger charge is -2.18. The molecule has 0 saturated carbocycles. The van der Waals surface area contributed by atoms with Crippen LogP contribution >= 0.6 is 0 Å². The highest BCUT2D eigenvalue weighted by molar-refractivity contribution is 5.87. The van der Waals surface area contributed by atoms with Crippen molar-refractivity contribution in [3.63, 3.8) is 0 Å². The predicted octanol–water partition coefficient (Wildman–Crippen LogP) is 3.69. The van der Waals surface area contributed by atoms with Gasteiger partial charge in [0.25, 0.3) is 0 Å². The average Bonchev–Trinajstić information content (AvgIpc) is 3.13. The SMILES string of the molecule is CC(COC(=O)/C=C/c1ccc(O)cc1)C1Cc2cc(/C=C/C(=O)O)ccc2O1. The van der Waals surface area contributed by atoms with Crippen LogP contribution in [-0.2, 0) is 20.7 Å². The second-order valence-corrected chi connectivity index (χ2v) is 6.93. The number of hydrogen-bond donors (Lipinski definition) is 2. The Morgan fingerprint density at radius 3 is 2.55 bits per heavy atom. The Bertz CT molecular complexity index is 942. The molecular weight excluding hydrogens is 372 g/mol. The summed E-state index contributed by atoms with van der Waals surface area (Å²) in [4.78, 5) is 22.6. The van der Waals surface area contributed by atoms with E-state index in [4.69, 9.17) is 14.6 Å². The standard InChI is InChI=1S/C23H22O6/c1-15(14-28-23(27)11-6-16-2-7-19(24)8-3-16)21-13-18-12-17(5-10-22(25)26)4-9-20(18)29-21/h2-12,15,21,24H,13-14H2,1H3,(H,25,26)/b10-5+,11-6+. The molecule has 0 radical (unpaired) electrons. The summed E-state index contributed by atoms with van der Waals surface area (Å²) in [6.45, 7) is 2.18. The summed E-state index contributed by atoms with van der Waals surface area (Å²) < 4.78 is 11.3. The second kappa shape index (κ2) is 9.10. The molecule has 2 atom stereocenters. The average molecular weight is 394 g/mol. The van der Waals surface area contributed by atoms with Crippen LogP contribution in [0.1, 0.15) is 23.6 Å². The summed E-state index contributed by atoms with van der Waals surface area (Å²) in [7, 11) is 0. The van der Waals surface area contributed by atoms with E-state index in [9.17, 15) is 14.7 Å². The molecule has 2 aromatic rings. The molecule has 6 nitrogen and oxygen atoms in total. The van der Waals surface area contributed by atoms with Gasteiger partial charge in [-0.1, -0.05) is 25.1 Å². The molecule has 1 aliphatic rings. The van der Waals surface area contributed by atoms with Gasteiger partial charge >= 0.3 is 11.9 Å². The number of aromatic hydroxyl groups is 1. The minimum absolute atomic E-state index is 0.00793. The van der Waals surface area contributed by atoms with Crippen LogP contribution in [-0.4, -0.2) is 34.9 Å². The fourth-order valence-corrected chi connectivity index (χ4v) is 3.00. The van der Waals surface area contributed by atoms with Crippen LogP contribution < -0.4 is 4.74 Å². The molecule has 0 spiro atoms. The van der Waals surface area contributed by atoms with Gasteiger partial charge in [-0.25, -0.2) is 9.59 Å². The first-order valence-corrected chi connectivity index (χ1v) is 9.25. The van der Waals surface area contributed by atoms with E-state index < -0.39 is 11.9 Å². The van der Waals surface area contributed by atoms with E-state index in [1.807, 2.05) is 19.1 Å². The largest absolute Gasteiger partial charge is 0.508 e. The number of phenolic OH excluding ortho intramolecular Hbond substituents is 1. The first-order chi connectivity index (χ1) is 13.9. The zero-order valence-electron chi connectivity index (χ0n) is 15.9. The lowest BCUT2D eigenvalue weighted by Crippen LogP contribution is -2.27. The fraction of sp³-hybridized carbons (Fsp3) is 0.217. The number of aliphatic carboxylic acids is 1. The van der Waals surface area contributed by atoms with Gasteiger partial charge in [0.15, 0.2) is 0 Å². The number of carbonyl (C=O) groups is 2. The maximum atomic E-state index is 11.9. The van der Waals surface area contributed by atoms with E-state index in [-0.39, 0.29) is 24.4 Å². The number of carboxylic acid groups (broad SMARTS) is 1. The summed E-state index contributed by atoms with van der Waals surface area (Å²) in [6, 6.07) is 12.0. The Morgan fingerprint density at radius 2 is 1.83 bits per heavy atom. The van der Waals surface area contributed by atoms with E-state index in [0.29, 0.717) is 6.42 Å². The van der Waals surface area contributed by atoms with Crippen molar-refractivity contribution in [2.75, 3.05) is 6.61 Å². The van der Waals surface area contributed by atoms with Gasteiger partial charge in [0.05, 0.1) is 6.61 Å². The number of esters is 1. The Hall–Kier alpha value is -3.54. The zero-order chi connectivity index (χ0) is 20.8. The van der Waals surface area contributed by atoms with Crippen LogP contribution in [0.15, 0.2) is 54.6 Å². The topological polar surface area (TPSA) is 93.1 Å². The predicted molar refractivity (Wildman–Crippen MR) is 108 cm³/mol. The molecule has 0 bridgehead atoms. The highest BCUT2D eigenvalue weighted by atomic mass is 16.5. The third-order valence-electron chi connectivity index (χ3n) is 4.63. The molecule has 2 unspecified atom stereocenters. The number of carboxylic acids is 1. The van der Waals surface area contributed by atoms with Crippen molar-refractivity contribution < 1.29 is 29.3 Å². The summed E-state index contributed by atoms with van der Waals surface area (Å²) in [6.07, 6.45) is 6.18. The monoisotopic (exact) mass is 394 g/mol. The molecule has 0 fully saturated rings. The van der Waals surface area contributed by atoms with Gasteiger partial charge in [-0.2, -0.15) is 0 Å². The van der Waals surface area contributed by atoms with Crippen LogP contribution in [0, 0.1) is 5.92 Å². The molecule has 0 saturated heterocycles. The van der Waals surface area contributed by atoms with Gasteiger partial charge < -0.3 is 19.7 Å². The normalized spacial score (nSPS) is 16.5. The maximum absolute atomic E-state index is 11.9. The van der Waals surface area contributed by atoms with E-state index in [0.717, 1.165) is 28.5 Å². The maximum Gasteiger partial charge on any atom is 0.330 e. The zero-order valence-corrected chi connectivity index (χ0v) is 15.9. The number of ether oxygens (including phenoxy) is 2. The number of fused-ring (bicyclic) bond motifs is 1. The number of benzene rings is 2. The number of phenols is 1. The Balaban J connectivity index is 1.50. The third kappa shape index (κ3) is 5.72. The minimum Gasteiger partial charge on any atom is -0.508 e. The highest BCUT2D eigenvalue weighted by Gasteiger charge is 2.28. The van der Waals surface area contributed by atoms with Crippen LogP contribution in [0.4, 0.5) is 0 Å². The Morgan fingerprint density at radius 1 is 1.14 bits per heavy atom. The number of carbonyl (C=O) groups excluding carboxylic acids is 1. The van der Waals surface area contributed by atoms with Gasteiger partial charge in [0.2, 0.25) is 0 Å². The second-order valence-electron chi connectivity index (χ2n) is 6.93. The van der Waals surface area contributed by atoms with Crippen molar-refractivity contribution in [1.82, 2.24) is 0 Å². The van der Waals surface area contributed by atoms with Gasteiger partial charge in [0.1, 0.15) is 17.6 Å². The number of rotatable bonds is 7. The molecule has 1 aliphatic heterocycles. The molecule has 0 amide bonds. The van der Waals surface area contributed by atoms with Crippen molar-refractivity contribution >= 4 is 24.1 Å². The lowest BCUT2D eigenvalue weighted by atomic mass is 9.99. The summed E-state index contributed by atoms with van der Waals surface area (Å²) in [5, 5.41) is 18.0. The van der Waals surface area contributed by atoms with Crippen molar-refractivity contribution in [3.05, 3.63) is 71.3 Å². The van der Waals surface area contributed by atoms with Crippen LogP contribution in [0.25, 0.3) is 12.2 Å². The van der Waals surface area contributed by atoms with Gasteiger partial charge in [-0.15, -0.1) is 0 Å². The van der Waals surface area contributed by atoms with Gasteiger partial charge in [-0.05, 0) is 53.1 Å². The van der Waals surface area contributed by atoms with Crippen LogP contribution in [0.5, 0.6) is 11.5 Å². The Kier molecular flexibility index (Phi) is 6.34. The van der Waals surface area contributed by atoms with Crippen molar-refractivity contribution in [3.8, 4) is 11.5 Å². The molecule has 0 aliphatic carbocycles. The third-order valence-corrected chi connectivity index (χ3v) is 4.63. The van der Waals surface area contributed by atoms with Crippen LogP contribution in [0.2, 0.25) is 0 Å². The van der Waals surface area contributed by atoms with Crippen molar-refractivity contribution in [1.29, 1.82) is 0 Å². The first-order valence-electron chi connectivity index (χ1n) is 9.25. The smallest absolute Gasteiger partial charge is 0.330 e. The van der Waals surface area contributed by atoms with E-state index in [1.165, 1.54) is 6.08 Å². The molecule has 2 N–H and O–H groups in total. The molecular formula is C23H22O6. The molecule has 1 heterocycles. The van der Waals surface area contributed by atoms with E-state index >= 15 is 0 Å². The molecule has 6 heteroatoms. The molecule has 0 aromatic heterocycles. The fourth-order valence-electron chi connectivity index (χ4n) is 3.00. The van der Waals surface area contributed by atoms with E-state index in [2.05, 4.69) is 0 Å². The minimum atomic E-state index is -0.991. The summed E-state index contributed by atoms with van der Waals surface area (Å²) in [5.41, 5.74) is 2.59. The van der Waals surface area contributed by atoms with Gasteiger partial charge in [0, 0.05) is 24.5 Å². The summed E-state index contributed by atoms with van der Waals surface area (Å²) in [5.74, 6) is -0.503. The molecule has 150 valence electrons. The van der Waals surface area contributed by atoms with Crippen LogP contribution in [0.3, 0.4) is 0 Å². The molecule has 2 aromatic carbocycles. The van der Waals surface area contributed by atoms with Crippen molar-refractivity contribution in [2.24, 2.45) is 5.92 Å². The lowest BCUT2D eigenvalue weighted by molar-refractivity contribution is -0.139. The Labute approximate surface area is 168 Å².